The van der Waals surface area contributed by atoms with Gasteiger partial charge in [0.25, 0.3) is 0 Å². The van der Waals surface area contributed by atoms with Gasteiger partial charge in [-0.3, -0.25) is 14.5 Å². The number of thiazole rings is 1. The Bertz CT molecular complexity index is 773. The molecule has 0 spiro atoms. The van der Waals surface area contributed by atoms with E-state index in [9.17, 15) is 14.0 Å². The zero-order valence-electron chi connectivity index (χ0n) is 14.2. The monoisotopic (exact) mass is 361 g/mol. The lowest BCUT2D eigenvalue weighted by Crippen LogP contribution is -2.23. The standard InChI is InChI=1S/C18H20FN3O2S/c1-3-4-11-20-17(24)10-9-14-12-25-18(21-14)22(13(2)23)16-8-6-5-7-15(16)19/h5-10,12H,3-4,11H2,1-2H3,(H,20,24). The van der Waals surface area contributed by atoms with Crippen LogP contribution in [-0.2, 0) is 9.59 Å². The summed E-state index contributed by atoms with van der Waals surface area (Å²) in [6, 6.07) is 6.03. The lowest BCUT2D eigenvalue weighted by Gasteiger charge is -2.18. The molecule has 0 aliphatic carbocycles. The molecule has 2 rings (SSSR count). The van der Waals surface area contributed by atoms with E-state index in [0.717, 1.165) is 12.8 Å². The molecule has 5 nitrogen and oxygen atoms in total. The Morgan fingerprint density at radius 1 is 1.36 bits per heavy atom. The van der Waals surface area contributed by atoms with Crippen LogP contribution in [0.4, 0.5) is 15.2 Å². The summed E-state index contributed by atoms with van der Waals surface area (Å²) in [5.41, 5.74) is 0.686. The Balaban J connectivity index is 2.14. The van der Waals surface area contributed by atoms with Crippen LogP contribution in [0.5, 0.6) is 0 Å². The lowest BCUT2D eigenvalue weighted by atomic mass is 10.3. The Hall–Kier alpha value is -2.54. The number of para-hydroxylation sites is 1. The second kappa shape index (κ2) is 9.08. The van der Waals surface area contributed by atoms with Gasteiger partial charge in [0.1, 0.15) is 5.82 Å². The Morgan fingerprint density at radius 3 is 2.80 bits per heavy atom. The van der Waals surface area contributed by atoms with Gasteiger partial charge in [0.15, 0.2) is 5.13 Å². The first-order chi connectivity index (χ1) is 12.0. The fourth-order valence-corrected chi connectivity index (χ4v) is 2.95. The first-order valence-electron chi connectivity index (χ1n) is 7.99. The van der Waals surface area contributed by atoms with Gasteiger partial charge in [0, 0.05) is 24.9 Å². The first-order valence-corrected chi connectivity index (χ1v) is 8.87. The van der Waals surface area contributed by atoms with Crippen molar-refractivity contribution in [3.05, 3.63) is 47.2 Å². The number of rotatable bonds is 7. The Labute approximate surface area is 150 Å². The number of benzene rings is 1. The second-order valence-corrected chi connectivity index (χ2v) is 6.18. The van der Waals surface area contributed by atoms with Gasteiger partial charge in [-0.2, -0.15) is 0 Å². The molecule has 0 unspecified atom stereocenters. The maximum atomic E-state index is 14.0. The van der Waals surface area contributed by atoms with E-state index in [1.54, 1.807) is 23.6 Å². The summed E-state index contributed by atoms with van der Waals surface area (Å²) < 4.78 is 14.0. The molecular formula is C18H20FN3O2S. The zero-order chi connectivity index (χ0) is 18.2. The first kappa shape index (κ1) is 18.8. The van der Waals surface area contributed by atoms with Crippen molar-refractivity contribution < 1.29 is 14.0 Å². The highest BCUT2D eigenvalue weighted by Crippen LogP contribution is 2.30. The Kier molecular flexibility index (Phi) is 6.82. The van der Waals surface area contributed by atoms with E-state index < -0.39 is 5.82 Å². The van der Waals surface area contributed by atoms with Crippen molar-refractivity contribution in [3.63, 3.8) is 0 Å². The minimum Gasteiger partial charge on any atom is -0.353 e. The number of unbranched alkanes of at least 4 members (excludes halogenated alkanes) is 1. The number of amides is 2. The molecule has 0 saturated carbocycles. The SMILES string of the molecule is CCCCNC(=O)C=Cc1csc(N(C(C)=O)c2ccccc2F)n1. The van der Waals surface area contributed by atoms with Crippen LogP contribution in [0.15, 0.2) is 35.7 Å². The summed E-state index contributed by atoms with van der Waals surface area (Å²) in [5.74, 6) is -1.03. The van der Waals surface area contributed by atoms with Crippen LogP contribution in [0.25, 0.3) is 6.08 Å². The van der Waals surface area contributed by atoms with E-state index in [1.807, 2.05) is 0 Å². The highest BCUT2D eigenvalue weighted by Gasteiger charge is 2.20. The molecule has 0 bridgehead atoms. The number of anilines is 2. The van der Waals surface area contributed by atoms with Gasteiger partial charge in [0.05, 0.1) is 11.4 Å². The van der Waals surface area contributed by atoms with Crippen molar-refractivity contribution in [3.8, 4) is 0 Å². The van der Waals surface area contributed by atoms with E-state index in [2.05, 4.69) is 17.2 Å². The number of halogens is 1. The van der Waals surface area contributed by atoms with Gasteiger partial charge >= 0.3 is 0 Å². The summed E-state index contributed by atoms with van der Waals surface area (Å²) in [7, 11) is 0. The van der Waals surface area contributed by atoms with Crippen molar-refractivity contribution in [2.24, 2.45) is 0 Å². The van der Waals surface area contributed by atoms with Crippen LogP contribution in [0, 0.1) is 5.82 Å². The summed E-state index contributed by atoms with van der Waals surface area (Å²) in [5, 5.41) is 4.83. The predicted octanol–water partition coefficient (Wildman–Crippen LogP) is 3.90. The van der Waals surface area contributed by atoms with Gasteiger partial charge in [-0.05, 0) is 24.6 Å². The molecule has 0 aliphatic heterocycles. The van der Waals surface area contributed by atoms with Crippen LogP contribution < -0.4 is 10.2 Å². The van der Waals surface area contributed by atoms with Gasteiger partial charge in [0.2, 0.25) is 11.8 Å². The van der Waals surface area contributed by atoms with Crippen LogP contribution in [0.2, 0.25) is 0 Å². The maximum Gasteiger partial charge on any atom is 0.244 e. The minimum atomic E-state index is -0.500. The third-order valence-corrected chi connectivity index (χ3v) is 4.19. The molecule has 1 aromatic heterocycles. The zero-order valence-corrected chi connectivity index (χ0v) is 15.0. The van der Waals surface area contributed by atoms with Gasteiger partial charge in [-0.25, -0.2) is 9.37 Å². The summed E-state index contributed by atoms with van der Waals surface area (Å²) >= 11 is 1.21. The van der Waals surface area contributed by atoms with E-state index >= 15 is 0 Å². The van der Waals surface area contributed by atoms with Gasteiger partial charge in [-0.1, -0.05) is 25.5 Å². The number of hydrogen-bond acceptors (Lipinski definition) is 4. The minimum absolute atomic E-state index is 0.150. The average Bonchev–Trinajstić information content (AvgIpc) is 3.03. The molecule has 132 valence electrons. The molecule has 25 heavy (non-hydrogen) atoms. The van der Waals surface area contributed by atoms with E-state index in [0.29, 0.717) is 17.4 Å². The molecule has 0 radical (unpaired) electrons. The molecule has 1 aromatic carbocycles. The van der Waals surface area contributed by atoms with Gasteiger partial charge in [-0.15, -0.1) is 11.3 Å². The highest BCUT2D eigenvalue weighted by molar-refractivity contribution is 7.14. The number of nitrogens with zero attached hydrogens (tertiary/aromatic N) is 2. The summed E-state index contributed by atoms with van der Waals surface area (Å²) in [4.78, 5) is 29.2. The van der Waals surface area contributed by atoms with E-state index in [1.165, 1.54) is 41.4 Å². The summed E-state index contributed by atoms with van der Waals surface area (Å²) in [6.07, 6.45) is 4.91. The second-order valence-electron chi connectivity index (χ2n) is 5.34. The number of hydrogen-bond donors (Lipinski definition) is 1. The van der Waals surface area contributed by atoms with Crippen LogP contribution in [0.3, 0.4) is 0 Å². The Morgan fingerprint density at radius 2 is 2.12 bits per heavy atom. The van der Waals surface area contributed by atoms with Crippen molar-refractivity contribution in [2.75, 3.05) is 11.4 Å². The predicted molar refractivity (Wildman–Crippen MR) is 98.3 cm³/mol. The molecule has 2 aromatic rings. The van der Waals surface area contributed by atoms with Crippen molar-refractivity contribution in [1.82, 2.24) is 10.3 Å². The number of aromatic nitrogens is 1. The maximum absolute atomic E-state index is 14.0. The molecule has 0 atom stereocenters. The topological polar surface area (TPSA) is 62.3 Å². The van der Waals surface area contributed by atoms with E-state index in [4.69, 9.17) is 0 Å². The van der Waals surface area contributed by atoms with Crippen molar-refractivity contribution >= 4 is 40.0 Å². The molecular weight excluding hydrogens is 341 g/mol. The van der Waals surface area contributed by atoms with Crippen molar-refractivity contribution in [1.29, 1.82) is 0 Å². The van der Waals surface area contributed by atoms with Gasteiger partial charge < -0.3 is 5.32 Å². The normalized spacial score (nSPS) is 10.8. The molecule has 0 saturated heterocycles. The molecule has 7 heteroatoms. The smallest absolute Gasteiger partial charge is 0.244 e. The van der Waals surface area contributed by atoms with Crippen LogP contribution in [0.1, 0.15) is 32.4 Å². The quantitative estimate of drug-likeness (QED) is 0.601. The van der Waals surface area contributed by atoms with Crippen LogP contribution in [-0.4, -0.2) is 23.3 Å². The van der Waals surface area contributed by atoms with E-state index in [-0.39, 0.29) is 17.5 Å². The highest BCUT2D eigenvalue weighted by atomic mass is 32.1. The van der Waals surface area contributed by atoms with Crippen LogP contribution >= 0.6 is 11.3 Å². The molecule has 1 N–H and O–H groups in total. The fourth-order valence-electron chi connectivity index (χ4n) is 2.10. The molecule has 1 heterocycles. The largest absolute Gasteiger partial charge is 0.353 e. The fraction of sp³-hybridized carbons (Fsp3) is 0.278. The average molecular weight is 361 g/mol. The third kappa shape index (κ3) is 5.22. The number of carbonyl (C=O) groups is 2. The summed E-state index contributed by atoms with van der Waals surface area (Å²) in [6.45, 7) is 4.03. The molecule has 0 aliphatic rings. The number of carbonyl (C=O) groups excluding carboxylic acids is 2. The lowest BCUT2D eigenvalue weighted by molar-refractivity contribution is -0.117. The third-order valence-electron chi connectivity index (χ3n) is 3.34. The molecule has 0 fully saturated rings. The van der Waals surface area contributed by atoms with Crippen molar-refractivity contribution in [2.45, 2.75) is 26.7 Å². The molecule has 2 amide bonds. The number of nitrogens with one attached hydrogen (secondary N) is 1.